The van der Waals surface area contributed by atoms with Crippen molar-refractivity contribution in [3.63, 3.8) is 0 Å². The highest BCUT2D eigenvalue weighted by atomic mass is 32.2. The van der Waals surface area contributed by atoms with Crippen molar-refractivity contribution >= 4 is 21.2 Å². The van der Waals surface area contributed by atoms with Gasteiger partial charge in [0.25, 0.3) is 5.69 Å². The molecule has 2 rings (SSSR count). The minimum atomic E-state index is -4.02. The molecule has 0 spiro atoms. The second-order valence-corrected chi connectivity index (χ2v) is 6.51. The maximum atomic E-state index is 12.3. The molecule has 0 saturated carbocycles. The summed E-state index contributed by atoms with van der Waals surface area (Å²) in [5, 5.41) is 31.7. The molecule has 0 unspecified atom stereocenters. The number of benzene rings is 2. The van der Waals surface area contributed by atoms with Crippen LogP contribution in [0.5, 0.6) is 5.75 Å². The van der Waals surface area contributed by atoms with E-state index in [0.717, 1.165) is 12.1 Å². The second kappa shape index (κ2) is 6.01. The average Bonchev–Trinajstić information content (AvgIpc) is 2.49. The minimum Gasteiger partial charge on any atom is -0.502 e. The van der Waals surface area contributed by atoms with E-state index in [-0.39, 0.29) is 4.90 Å². The van der Waals surface area contributed by atoms with E-state index in [9.17, 15) is 33.8 Å². The summed E-state index contributed by atoms with van der Waals surface area (Å²) in [4.78, 5) is 19.9. The number of rotatable bonds is 5. The highest BCUT2D eigenvalue weighted by molar-refractivity contribution is 7.90. The topological polar surface area (TPSA) is 141 Å². The van der Waals surface area contributed by atoms with Gasteiger partial charge in [0.1, 0.15) is 0 Å². The number of aromatic hydroxyl groups is 1. The van der Waals surface area contributed by atoms with Crippen LogP contribution in [0.25, 0.3) is 0 Å². The highest BCUT2D eigenvalue weighted by Gasteiger charge is 2.30. The molecule has 120 valence electrons. The Bertz CT molecular complexity index is 879. The smallest absolute Gasteiger partial charge is 0.311 e. The molecule has 10 heteroatoms. The Labute approximate surface area is 130 Å². The van der Waals surface area contributed by atoms with Crippen LogP contribution in [0, 0.1) is 20.2 Å². The quantitative estimate of drug-likeness (QED) is 0.650. The number of phenolic OH excluding ortho intramolecular Hbond substituents is 1. The fourth-order valence-corrected chi connectivity index (χ4v) is 3.38. The molecule has 0 aliphatic carbocycles. The van der Waals surface area contributed by atoms with Crippen molar-refractivity contribution in [1.82, 2.24) is 0 Å². The molecule has 2 aromatic carbocycles. The van der Waals surface area contributed by atoms with Gasteiger partial charge in [-0.15, -0.1) is 0 Å². The second-order valence-electron chi connectivity index (χ2n) is 4.52. The van der Waals surface area contributed by atoms with Crippen LogP contribution in [-0.2, 0) is 15.6 Å². The number of sulfone groups is 1. The van der Waals surface area contributed by atoms with Gasteiger partial charge in [-0.25, -0.2) is 8.42 Å². The number of hydrogen-bond donors (Lipinski definition) is 1. The molecule has 9 nitrogen and oxygen atoms in total. The van der Waals surface area contributed by atoms with Crippen molar-refractivity contribution in [2.75, 3.05) is 0 Å². The van der Waals surface area contributed by atoms with Crippen LogP contribution in [0.4, 0.5) is 11.4 Å². The first-order valence-electron chi connectivity index (χ1n) is 6.15. The van der Waals surface area contributed by atoms with Crippen LogP contribution in [-0.4, -0.2) is 23.4 Å². The first-order chi connectivity index (χ1) is 10.7. The van der Waals surface area contributed by atoms with E-state index >= 15 is 0 Å². The van der Waals surface area contributed by atoms with Crippen LogP contribution in [0.1, 0.15) is 5.56 Å². The van der Waals surface area contributed by atoms with Crippen molar-refractivity contribution in [3.05, 3.63) is 68.3 Å². The van der Waals surface area contributed by atoms with E-state index in [1.54, 1.807) is 6.07 Å². The lowest BCUT2D eigenvalue weighted by Crippen LogP contribution is -2.08. The largest absolute Gasteiger partial charge is 0.502 e. The average molecular weight is 338 g/mol. The van der Waals surface area contributed by atoms with Crippen LogP contribution in [0.15, 0.2) is 47.4 Å². The summed E-state index contributed by atoms with van der Waals surface area (Å²) in [7, 11) is -4.02. The third-order valence-corrected chi connectivity index (χ3v) is 4.73. The number of nitro benzene ring substituents is 2. The summed E-state index contributed by atoms with van der Waals surface area (Å²) in [5.74, 6) is -1.95. The van der Waals surface area contributed by atoms with Gasteiger partial charge in [-0.1, -0.05) is 18.2 Å². The molecule has 0 aliphatic heterocycles. The van der Waals surface area contributed by atoms with Crippen LogP contribution < -0.4 is 0 Å². The van der Waals surface area contributed by atoms with Crippen LogP contribution in [0.3, 0.4) is 0 Å². The van der Waals surface area contributed by atoms with Crippen molar-refractivity contribution in [2.24, 2.45) is 0 Å². The van der Waals surface area contributed by atoms with Gasteiger partial charge >= 0.3 is 5.69 Å². The van der Waals surface area contributed by atoms with Gasteiger partial charge < -0.3 is 5.11 Å². The monoisotopic (exact) mass is 338 g/mol. The maximum absolute atomic E-state index is 12.3. The highest BCUT2D eigenvalue weighted by Crippen LogP contribution is 2.38. The zero-order valence-corrected chi connectivity index (χ0v) is 12.3. The summed E-state index contributed by atoms with van der Waals surface area (Å²) in [5.41, 5.74) is -2.12. The van der Waals surface area contributed by atoms with Crippen LogP contribution >= 0.6 is 0 Å². The van der Waals surface area contributed by atoms with Crippen molar-refractivity contribution in [2.45, 2.75) is 10.6 Å². The molecule has 2 aromatic rings. The lowest BCUT2D eigenvalue weighted by atomic mass is 10.1. The van der Waals surface area contributed by atoms with E-state index in [4.69, 9.17) is 0 Å². The van der Waals surface area contributed by atoms with Gasteiger partial charge in [-0.05, 0) is 12.1 Å². The van der Waals surface area contributed by atoms with Crippen molar-refractivity contribution < 1.29 is 23.4 Å². The number of hydrogen-bond acceptors (Lipinski definition) is 7. The zero-order valence-electron chi connectivity index (χ0n) is 11.4. The molecular weight excluding hydrogens is 328 g/mol. The van der Waals surface area contributed by atoms with Gasteiger partial charge in [0.2, 0.25) is 5.75 Å². The van der Waals surface area contributed by atoms with Gasteiger partial charge in [-0.3, -0.25) is 20.2 Å². The molecule has 0 amide bonds. The molecule has 0 atom stereocenters. The van der Waals surface area contributed by atoms with E-state index in [1.807, 2.05) is 0 Å². The molecule has 0 aliphatic rings. The number of nitrogens with zero attached hydrogens (tertiary/aromatic N) is 2. The lowest BCUT2D eigenvalue weighted by Gasteiger charge is -2.07. The Morgan fingerprint density at radius 1 is 0.913 bits per heavy atom. The molecule has 0 saturated heterocycles. The van der Waals surface area contributed by atoms with E-state index < -0.39 is 48.1 Å². The Hall–Kier alpha value is -3.01. The zero-order chi connectivity index (χ0) is 17.2. The summed E-state index contributed by atoms with van der Waals surface area (Å²) in [6, 6.07) is 8.65. The van der Waals surface area contributed by atoms with Crippen molar-refractivity contribution in [1.29, 1.82) is 0 Å². The Morgan fingerprint density at radius 2 is 1.43 bits per heavy atom. The van der Waals surface area contributed by atoms with E-state index in [1.165, 1.54) is 24.3 Å². The number of phenols is 1. The Morgan fingerprint density at radius 3 is 1.96 bits per heavy atom. The van der Waals surface area contributed by atoms with E-state index in [2.05, 4.69) is 0 Å². The Kier molecular flexibility index (Phi) is 4.27. The predicted molar refractivity (Wildman–Crippen MR) is 78.7 cm³/mol. The summed E-state index contributed by atoms with van der Waals surface area (Å²) < 4.78 is 24.6. The molecule has 0 fully saturated rings. The standard InChI is InChI=1S/C13H10N2O7S/c16-13-10(8-23(21,22)9-4-2-1-3-5-9)11(14(17)18)6-7-12(13)15(19)20/h1-7,16H,8H2. The maximum Gasteiger partial charge on any atom is 0.311 e. The van der Waals surface area contributed by atoms with Crippen molar-refractivity contribution in [3.8, 4) is 5.75 Å². The minimum absolute atomic E-state index is 0.111. The summed E-state index contributed by atoms with van der Waals surface area (Å²) in [6.45, 7) is 0. The predicted octanol–water partition coefficient (Wildman–Crippen LogP) is 2.18. The third kappa shape index (κ3) is 3.26. The molecule has 0 aromatic heterocycles. The molecule has 23 heavy (non-hydrogen) atoms. The first kappa shape index (κ1) is 16.4. The molecule has 0 radical (unpaired) electrons. The molecule has 0 heterocycles. The van der Waals surface area contributed by atoms with Gasteiger partial charge in [0, 0.05) is 12.1 Å². The first-order valence-corrected chi connectivity index (χ1v) is 7.80. The fourth-order valence-electron chi connectivity index (χ4n) is 1.98. The van der Waals surface area contributed by atoms with Gasteiger partial charge in [-0.2, -0.15) is 0 Å². The third-order valence-electron chi connectivity index (χ3n) is 3.07. The molecule has 0 bridgehead atoms. The normalized spacial score (nSPS) is 11.1. The lowest BCUT2D eigenvalue weighted by molar-refractivity contribution is -0.390. The summed E-state index contributed by atoms with van der Waals surface area (Å²) >= 11 is 0. The summed E-state index contributed by atoms with van der Waals surface area (Å²) in [6.07, 6.45) is 0. The fraction of sp³-hybridized carbons (Fsp3) is 0.0769. The van der Waals surface area contributed by atoms with E-state index in [0.29, 0.717) is 0 Å². The van der Waals surface area contributed by atoms with Gasteiger partial charge in [0.05, 0.1) is 26.1 Å². The number of nitro groups is 2. The molecule has 1 N–H and O–H groups in total. The van der Waals surface area contributed by atoms with Crippen LogP contribution in [0.2, 0.25) is 0 Å². The Balaban J connectivity index is 2.60. The SMILES string of the molecule is O=[N+]([O-])c1ccc([N+](=O)[O-])c(CS(=O)(=O)c2ccccc2)c1O. The molecular formula is C13H10N2O7S. The van der Waals surface area contributed by atoms with Gasteiger partial charge in [0.15, 0.2) is 9.84 Å².